The van der Waals surface area contributed by atoms with Gasteiger partial charge in [-0.05, 0) is 12.1 Å². The second-order valence-corrected chi connectivity index (χ2v) is 4.49. The Morgan fingerprint density at radius 3 is 2.82 bits per heavy atom. The number of rotatable bonds is 6. The minimum atomic E-state index is 0.657. The summed E-state index contributed by atoms with van der Waals surface area (Å²) in [6.07, 6.45) is 0.883. The van der Waals surface area contributed by atoms with E-state index >= 15 is 0 Å². The van der Waals surface area contributed by atoms with Crippen LogP contribution in [0.2, 0.25) is 0 Å². The first kappa shape index (κ1) is 12.0. The summed E-state index contributed by atoms with van der Waals surface area (Å²) in [4.78, 5) is 4.31. The van der Waals surface area contributed by atoms with Crippen molar-refractivity contribution >= 4 is 11.8 Å². The Bertz CT molecular complexity index is 444. The minimum absolute atomic E-state index is 0.657. The zero-order valence-electron chi connectivity index (χ0n) is 9.72. The molecule has 2 rings (SSSR count). The zero-order valence-corrected chi connectivity index (χ0v) is 10.5. The quantitative estimate of drug-likeness (QED) is 0.631. The summed E-state index contributed by atoms with van der Waals surface area (Å²) in [7, 11) is 0. The molecule has 0 atom stereocenters. The highest BCUT2D eigenvalue weighted by atomic mass is 32.2. The lowest BCUT2D eigenvalue weighted by Gasteiger charge is -2.03. The van der Waals surface area contributed by atoms with Crippen LogP contribution in [-0.2, 0) is 6.42 Å². The molecule has 1 heterocycles. The van der Waals surface area contributed by atoms with Gasteiger partial charge in [-0.3, -0.25) is 5.10 Å². The summed E-state index contributed by atoms with van der Waals surface area (Å²) in [5.41, 5.74) is 0. The molecule has 1 aromatic carbocycles. The van der Waals surface area contributed by atoms with Crippen LogP contribution >= 0.6 is 11.8 Å². The van der Waals surface area contributed by atoms with E-state index in [1.54, 1.807) is 11.8 Å². The van der Waals surface area contributed by atoms with Crippen molar-refractivity contribution < 1.29 is 4.74 Å². The Morgan fingerprint density at radius 1 is 1.29 bits per heavy atom. The van der Waals surface area contributed by atoms with E-state index in [2.05, 4.69) is 15.2 Å². The first-order valence-electron chi connectivity index (χ1n) is 5.60. The molecule has 90 valence electrons. The average Bonchev–Trinajstić information content (AvgIpc) is 2.84. The van der Waals surface area contributed by atoms with Gasteiger partial charge in [0.05, 0.1) is 6.61 Å². The van der Waals surface area contributed by atoms with E-state index in [1.807, 2.05) is 37.3 Å². The Kier molecular flexibility index (Phi) is 4.44. The van der Waals surface area contributed by atoms with Crippen molar-refractivity contribution in [3.63, 3.8) is 0 Å². The van der Waals surface area contributed by atoms with Crippen molar-refractivity contribution in [1.29, 1.82) is 0 Å². The fraction of sp³-hybridized carbons (Fsp3) is 0.333. The third kappa shape index (κ3) is 3.78. The van der Waals surface area contributed by atoms with E-state index in [1.165, 1.54) is 0 Å². The highest BCUT2D eigenvalue weighted by molar-refractivity contribution is 7.99. The van der Waals surface area contributed by atoms with Crippen LogP contribution in [0.25, 0.3) is 0 Å². The van der Waals surface area contributed by atoms with E-state index in [0.717, 1.165) is 28.9 Å². The number of nitrogens with zero attached hydrogens (tertiary/aromatic N) is 2. The summed E-state index contributed by atoms with van der Waals surface area (Å²) >= 11 is 1.60. The number of ether oxygens (including phenoxy) is 1. The molecule has 5 heteroatoms. The zero-order chi connectivity index (χ0) is 11.9. The molecule has 1 N–H and O–H groups in total. The van der Waals surface area contributed by atoms with E-state index < -0.39 is 0 Å². The van der Waals surface area contributed by atoms with Gasteiger partial charge >= 0.3 is 0 Å². The molecule has 0 aliphatic rings. The van der Waals surface area contributed by atoms with Crippen molar-refractivity contribution in [3.8, 4) is 5.75 Å². The maximum absolute atomic E-state index is 5.57. The van der Waals surface area contributed by atoms with Crippen molar-refractivity contribution in [2.75, 3.05) is 12.4 Å². The summed E-state index contributed by atoms with van der Waals surface area (Å²) in [6.45, 7) is 2.71. The largest absolute Gasteiger partial charge is 0.493 e. The maximum Gasteiger partial charge on any atom is 0.208 e. The van der Waals surface area contributed by atoms with Crippen molar-refractivity contribution in [2.24, 2.45) is 0 Å². The summed E-state index contributed by atoms with van der Waals surface area (Å²) in [5.74, 6) is 2.67. The van der Waals surface area contributed by atoms with Crippen LogP contribution in [0.1, 0.15) is 12.7 Å². The highest BCUT2D eigenvalue weighted by Gasteiger charge is 2.01. The van der Waals surface area contributed by atoms with Crippen LogP contribution in [0.15, 0.2) is 35.5 Å². The molecule has 4 nitrogen and oxygen atoms in total. The van der Waals surface area contributed by atoms with E-state index in [4.69, 9.17) is 4.74 Å². The minimum Gasteiger partial charge on any atom is -0.493 e. The van der Waals surface area contributed by atoms with Crippen molar-refractivity contribution in [1.82, 2.24) is 15.2 Å². The highest BCUT2D eigenvalue weighted by Crippen LogP contribution is 2.13. The molecule has 0 saturated heterocycles. The van der Waals surface area contributed by atoms with Gasteiger partial charge < -0.3 is 4.74 Å². The molecule has 0 aliphatic heterocycles. The SMILES string of the molecule is CCc1nc(SCCOc2ccccc2)n[nH]1. The smallest absolute Gasteiger partial charge is 0.208 e. The second kappa shape index (κ2) is 6.30. The number of nitrogens with one attached hydrogen (secondary N) is 1. The fourth-order valence-corrected chi connectivity index (χ4v) is 1.94. The van der Waals surface area contributed by atoms with Gasteiger partial charge in [0.25, 0.3) is 0 Å². The summed E-state index contributed by atoms with van der Waals surface area (Å²) in [5, 5.41) is 7.78. The predicted molar refractivity (Wildman–Crippen MR) is 68.4 cm³/mol. The first-order chi connectivity index (χ1) is 8.38. The molecule has 17 heavy (non-hydrogen) atoms. The molecule has 0 spiro atoms. The molecular formula is C12H15N3OS. The molecule has 0 fully saturated rings. The Hall–Kier alpha value is -1.49. The van der Waals surface area contributed by atoms with Crippen LogP contribution in [0, 0.1) is 0 Å². The number of hydrogen-bond acceptors (Lipinski definition) is 4. The monoisotopic (exact) mass is 249 g/mol. The number of aryl methyl sites for hydroxylation is 1. The predicted octanol–water partition coefficient (Wildman–Crippen LogP) is 2.54. The number of thioether (sulfide) groups is 1. The van der Waals surface area contributed by atoms with Crippen LogP contribution < -0.4 is 4.74 Å². The van der Waals surface area contributed by atoms with Gasteiger partial charge in [-0.2, -0.15) is 0 Å². The summed E-state index contributed by atoms with van der Waals surface area (Å²) < 4.78 is 5.57. The molecule has 0 unspecified atom stereocenters. The number of para-hydroxylation sites is 1. The molecular weight excluding hydrogens is 234 g/mol. The van der Waals surface area contributed by atoms with E-state index in [-0.39, 0.29) is 0 Å². The van der Waals surface area contributed by atoms with Gasteiger partial charge in [-0.25, -0.2) is 4.98 Å². The first-order valence-corrected chi connectivity index (χ1v) is 6.59. The Morgan fingerprint density at radius 2 is 2.12 bits per heavy atom. The number of benzene rings is 1. The molecule has 0 saturated carbocycles. The van der Waals surface area contributed by atoms with E-state index in [9.17, 15) is 0 Å². The molecule has 0 radical (unpaired) electrons. The second-order valence-electron chi connectivity index (χ2n) is 3.43. The van der Waals surface area contributed by atoms with Gasteiger partial charge in [0, 0.05) is 12.2 Å². The maximum atomic E-state index is 5.57. The average molecular weight is 249 g/mol. The van der Waals surface area contributed by atoms with Crippen molar-refractivity contribution in [3.05, 3.63) is 36.2 Å². The number of hydrogen-bond donors (Lipinski definition) is 1. The van der Waals surface area contributed by atoms with Crippen LogP contribution in [0.3, 0.4) is 0 Å². The molecule has 0 aliphatic carbocycles. The van der Waals surface area contributed by atoms with Gasteiger partial charge in [-0.15, -0.1) is 5.10 Å². The van der Waals surface area contributed by atoms with Gasteiger partial charge in [0.2, 0.25) is 5.16 Å². The number of aromatic nitrogens is 3. The molecule has 1 aromatic heterocycles. The van der Waals surface area contributed by atoms with Crippen LogP contribution in [-0.4, -0.2) is 27.5 Å². The Labute approximate surface area is 105 Å². The lowest BCUT2D eigenvalue weighted by Crippen LogP contribution is -2.00. The normalized spacial score (nSPS) is 10.4. The standard InChI is InChI=1S/C12H15N3OS/c1-2-11-13-12(15-14-11)17-9-8-16-10-6-4-3-5-7-10/h3-7H,2,8-9H2,1H3,(H,13,14,15). The lowest BCUT2D eigenvalue weighted by atomic mass is 10.3. The summed E-state index contributed by atoms with van der Waals surface area (Å²) in [6, 6.07) is 9.80. The van der Waals surface area contributed by atoms with Crippen LogP contribution in [0.4, 0.5) is 0 Å². The van der Waals surface area contributed by atoms with Gasteiger partial charge in [0.1, 0.15) is 11.6 Å². The molecule has 2 aromatic rings. The number of aromatic amines is 1. The topological polar surface area (TPSA) is 50.8 Å². The van der Waals surface area contributed by atoms with Gasteiger partial charge in [-0.1, -0.05) is 36.9 Å². The molecule has 0 bridgehead atoms. The number of H-pyrrole nitrogens is 1. The van der Waals surface area contributed by atoms with Crippen LogP contribution in [0.5, 0.6) is 5.75 Å². The fourth-order valence-electron chi connectivity index (χ4n) is 1.31. The molecule has 0 amide bonds. The van der Waals surface area contributed by atoms with E-state index in [0.29, 0.717) is 6.61 Å². The third-order valence-electron chi connectivity index (χ3n) is 2.17. The van der Waals surface area contributed by atoms with Gasteiger partial charge in [0.15, 0.2) is 0 Å². The Balaban J connectivity index is 1.69. The third-order valence-corrected chi connectivity index (χ3v) is 2.98. The van der Waals surface area contributed by atoms with Crippen molar-refractivity contribution in [2.45, 2.75) is 18.5 Å². The lowest BCUT2D eigenvalue weighted by molar-refractivity contribution is 0.344.